The second-order valence-electron chi connectivity index (χ2n) is 3.63. The van der Waals surface area contributed by atoms with Crippen molar-refractivity contribution in [3.63, 3.8) is 0 Å². The van der Waals surface area contributed by atoms with Gasteiger partial charge in [-0.3, -0.25) is 0 Å². The van der Waals surface area contributed by atoms with Crippen molar-refractivity contribution in [1.82, 2.24) is 4.98 Å². The highest BCUT2D eigenvalue weighted by Gasteiger charge is 2.08. The number of nitrogens with zero attached hydrogens (tertiary/aromatic N) is 1. The predicted octanol–water partition coefficient (Wildman–Crippen LogP) is 3.51. The van der Waals surface area contributed by atoms with Crippen LogP contribution in [0.3, 0.4) is 0 Å². The molecule has 1 aromatic carbocycles. The van der Waals surface area contributed by atoms with Gasteiger partial charge in [0.25, 0.3) is 0 Å². The first-order valence-electron chi connectivity index (χ1n) is 5.02. The van der Waals surface area contributed by atoms with E-state index in [0.717, 1.165) is 5.56 Å². The number of hydrogen-bond donors (Lipinski definition) is 2. The Labute approximate surface area is 103 Å². The van der Waals surface area contributed by atoms with Crippen LogP contribution < -0.4 is 11.1 Å². The molecule has 0 bridgehead atoms. The molecule has 0 saturated heterocycles. The summed E-state index contributed by atoms with van der Waals surface area (Å²) in [5.74, 6) is -0.00289. The van der Waals surface area contributed by atoms with E-state index in [1.54, 1.807) is 31.2 Å². The van der Waals surface area contributed by atoms with E-state index in [-0.39, 0.29) is 5.82 Å². The van der Waals surface area contributed by atoms with Gasteiger partial charge in [0.1, 0.15) is 11.0 Å². The molecule has 3 N–H and O–H groups in total. The summed E-state index contributed by atoms with van der Waals surface area (Å²) in [4.78, 5) is 4.01. The van der Waals surface area contributed by atoms with Gasteiger partial charge in [-0.15, -0.1) is 0 Å². The van der Waals surface area contributed by atoms with Gasteiger partial charge < -0.3 is 11.1 Å². The minimum Gasteiger partial charge on any atom is -0.396 e. The molecular weight excluding hydrogens is 241 g/mol. The number of halogens is 2. The van der Waals surface area contributed by atoms with Gasteiger partial charge >= 0.3 is 0 Å². The Balaban J connectivity index is 2.41. The van der Waals surface area contributed by atoms with Gasteiger partial charge in [0.15, 0.2) is 5.82 Å². The molecule has 3 nitrogen and oxygen atoms in total. The summed E-state index contributed by atoms with van der Waals surface area (Å²) in [5, 5.41) is 3.16. The summed E-state index contributed by atoms with van der Waals surface area (Å²) < 4.78 is 13.6. The van der Waals surface area contributed by atoms with Crippen LogP contribution in [-0.2, 0) is 0 Å². The molecule has 0 atom stereocenters. The summed E-state index contributed by atoms with van der Waals surface area (Å²) in [6, 6.07) is 8.01. The Morgan fingerprint density at radius 1 is 1.29 bits per heavy atom. The lowest BCUT2D eigenvalue weighted by Gasteiger charge is -2.11. The molecule has 0 aliphatic heterocycles. The average Bonchev–Trinajstić information content (AvgIpc) is 2.28. The quantitative estimate of drug-likeness (QED) is 0.803. The number of aryl methyl sites for hydroxylation is 1. The lowest BCUT2D eigenvalue weighted by Crippen LogP contribution is -2.02. The van der Waals surface area contributed by atoms with Crippen molar-refractivity contribution in [2.75, 3.05) is 11.1 Å². The number of nitrogens with two attached hydrogens (primary N) is 1. The molecule has 1 heterocycles. The van der Waals surface area contributed by atoms with Gasteiger partial charge in [0, 0.05) is 0 Å². The van der Waals surface area contributed by atoms with Crippen molar-refractivity contribution in [2.45, 2.75) is 6.92 Å². The zero-order chi connectivity index (χ0) is 12.4. The highest BCUT2D eigenvalue weighted by molar-refractivity contribution is 6.29. The van der Waals surface area contributed by atoms with Crippen LogP contribution >= 0.6 is 11.6 Å². The fourth-order valence-electron chi connectivity index (χ4n) is 1.45. The van der Waals surface area contributed by atoms with Gasteiger partial charge in [0.2, 0.25) is 0 Å². The third-order valence-electron chi connectivity index (χ3n) is 2.36. The fourth-order valence-corrected chi connectivity index (χ4v) is 1.60. The fraction of sp³-hybridized carbons (Fsp3) is 0.0833. The first kappa shape index (κ1) is 11.7. The summed E-state index contributed by atoms with van der Waals surface area (Å²) in [6.45, 7) is 1.80. The predicted molar refractivity (Wildman–Crippen MR) is 68.1 cm³/mol. The number of nitrogen functional groups attached to an aromatic ring is 1. The topological polar surface area (TPSA) is 50.9 Å². The maximum absolute atomic E-state index is 13.6. The summed E-state index contributed by atoms with van der Waals surface area (Å²) >= 11 is 5.76. The molecule has 0 saturated carbocycles. The van der Waals surface area contributed by atoms with Gasteiger partial charge in [-0.25, -0.2) is 9.37 Å². The van der Waals surface area contributed by atoms with Crippen LogP contribution in [-0.4, -0.2) is 4.98 Å². The van der Waals surface area contributed by atoms with Crippen molar-refractivity contribution < 1.29 is 4.39 Å². The lowest BCUT2D eigenvalue weighted by molar-refractivity contribution is 0.631. The van der Waals surface area contributed by atoms with Crippen LogP contribution in [0.5, 0.6) is 0 Å². The van der Waals surface area contributed by atoms with Crippen molar-refractivity contribution in [3.05, 3.63) is 46.9 Å². The Hall–Kier alpha value is -1.81. The zero-order valence-electron chi connectivity index (χ0n) is 9.17. The van der Waals surface area contributed by atoms with Crippen molar-refractivity contribution in [2.24, 2.45) is 0 Å². The maximum Gasteiger partial charge on any atom is 0.155 e. The molecule has 0 amide bonds. The highest BCUT2D eigenvalue weighted by Crippen LogP contribution is 2.26. The molecule has 0 unspecified atom stereocenters. The standard InChI is InChI=1S/C12H11ClFN3/c1-7-3-2-4-8(14)11(7)17-12-9(15)5-6-10(13)16-12/h2-6H,15H2,1H3,(H,16,17). The normalized spacial score (nSPS) is 10.3. The number of nitrogens with one attached hydrogen (secondary N) is 1. The second kappa shape index (κ2) is 4.59. The third kappa shape index (κ3) is 2.47. The van der Waals surface area contributed by atoms with Crippen LogP contribution in [0.4, 0.5) is 21.6 Å². The Morgan fingerprint density at radius 3 is 2.76 bits per heavy atom. The average molecular weight is 252 g/mol. The van der Waals surface area contributed by atoms with Gasteiger partial charge in [0.05, 0.1) is 11.4 Å². The lowest BCUT2D eigenvalue weighted by atomic mass is 10.2. The van der Waals surface area contributed by atoms with Crippen LogP contribution in [0.25, 0.3) is 0 Å². The van der Waals surface area contributed by atoms with Gasteiger partial charge in [-0.1, -0.05) is 23.7 Å². The van der Waals surface area contributed by atoms with Crippen molar-refractivity contribution in [3.8, 4) is 0 Å². The van der Waals surface area contributed by atoms with Crippen LogP contribution in [0.2, 0.25) is 5.15 Å². The Morgan fingerprint density at radius 2 is 2.06 bits per heavy atom. The molecule has 88 valence electrons. The van der Waals surface area contributed by atoms with E-state index in [1.807, 2.05) is 0 Å². The molecule has 0 spiro atoms. The number of rotatable bonds is 2. The second-order valence-corrected chi connectivity index (χ2v) is 4.02. The molecular formula is C12H11ClFN3. The molecule has 2 rings (SSSR count). The highest BCUT2D eigenvalue weighted by atomic mass is 35.5. The number of aromatic nitrogens is 1. The first-order valence-corrected chi connectivity index (χ1v) is 5.40. The Bertz CT molecular complexity index is 537. The van der Waals surface area contributed by atoms with Gasteiger partial charge in [-0.2, -0.15) is 0 Å². The maximum atomic E-state index is 13.6. The Kier molecular flexibility index (Phi) is 3.15. The molecule has 5 heteroatoms. The van der Waals surface area contributed by atoms with E-state index >= 15 is 0 Å². The summed E-state index contributed by atoms with van der Waals surface area (Å²) in [5.41, 5.74) is 7.27. The molecule has 1 aromatic heterocycles. The third-order valence-corrected chi connectivity index (χ3v) is 2.57. The number of pyridine rings is 1. The minimum atomic E-state index is -0.355. The number of hydrogen-bond acceptors (Lipinski definition) is 3. The van der Waals surface area contributed by atoms with Crippen LogP contribution in [0.1, 0.15) is 5.56 Å². The number of para-hydroxylation sites is 1. The summed E-state index contributed by atoms with van der Waals surface area (Å²) in [6.07, 6.45) is 0. The smallest absolute Gasteiger partial charge is 0.155 e. The molecule has 0 aliphatic carbocycles. The van der Waals surface area contributed by atoms with Crippen LogP contribution in [0.15, 0.2) is 30.3 Å². The van der Waals surface area contributed by atoms with E-state index in [4.69, 9.17) is 17.3 Å². The molecule has 0 radical (unpaired) electrons. The van der Waals surface area contributed by atoms with E-state index in [2.05, 4.69) is 10.3 Å². The van der Waals surface area contributed by atoms with Crippen molar-refractivity contribution in [1.29, 1.82) is 0 Å². The number of benzene rings is 1. The molecule has 0 aliphatic rings. The molecule has 2 aromatic rings. The molecule has 0 fully saturated rings. The largest absolute Gasteiger partial charge is 0.396 e. The minimum absolute atomic E-state index is 0.302. The van der Waals surface area contributed by atoms with E-state index in [1.165, 1.54) is 6.07 Å². The molecule has 17 heavy (non-hydrogen) atoms. The zero-order valence-corrected chi connectivity index (χ0v) is 9.92. The van der Waals surface area contributed by atoms with E-state index in [0.29, 0.717) is 22.3 Å². The van der Waals surface area contributed by atoms with Gasteiger partial charge in [-0.05, 0) is 30.7 Å². The van der Waals surface area contributed by atoms with Crippen LogP contribution in [0, 0.1) is 12.7 Å². The first-order chi connectivity index (χ1) is 8.08. The number of anilines is 3. The SMILES string of the molecule is Cc1cccc(F)c1Nc1nc(Cl)ccc1N. The van der Waals surface area contributed by atoms with Crippen molar-refractivity contribution >= 4 is 28.8 Å². The monoisotopic (exact) mass is 251 g/mol. The van der Waals surface area contributed by atoms with E-state index < -0.39 is 0 Å². The van der Waals surface area contributed by atoms with E-state index in [9.17, 15) is 4.39 Å². The summed E-state index contributed by atoms with van der Waals surface area (Å²) in [7, 11) is 0.